The molecule has 0 radical (unpaired) electrons. The van der Waals surface area contributed by atoms with Gasteiger partial charge in [0.25, 0.3) is 0 Å². The molecule has 1 aliphatic rings. The Morgan fingerprint density at radius 3 is 2.33 bits per heavy atom. The van der Waals surface area contributed by atoms with Gasteiger partial charge < -0.3 is 11.1 Å². The maximum Gasteiger partial charge on any atom is 0.0314 e. The number of nitrogens with one attached hydrogen (secondary N) is 1. The number of piperidine rings is 1. The van der Waals surface area contributed by atoms with E-state index in [-0.39, 0.29) is 24.8 Å². The van der Waals surface area contributed by atoms with E-state index in [2.05, 4.69) is 17.4 Å². The van der Waals surface area contributed by atoms with Crippen molar-refractivity contribution in [3.63, 3.8) is 0 Å². The Morgan fingerprint density at radius 2 is 1.80 bits per heavy atom. The van der Waals surface area contributed by atoms with Gasteiger partial charge in [0, 0.05) is 12.2 Å². The first kappa shape index (κ1) is 14.6. The molecule has 1 fully saturated rings. The molecule has 2 rings (SSSR count). The standard InChI is InChI=1S/C11H16N2.2ClH/c12-11-5-3-9(4-6-11)10-2-1-7-13-8-10;;/h3-6,10,13H,1-2,7-8,12H2;2*1H/t10-;;/m1../s1. The zero-order chi connectivity index (χ0) is 9.10. The highest BCUT2D eigenvalue weighted by atomic mass is 35.5. The Hall–Kier alpha value is -0.440. The van der Waals surface area contributed by atoms with E-state index in [1.54, 1.807) is 0 Å². The lowest BCUT2D eigenvalue weighted by molar-refractivity contribution is 0.461. The summed E-state index contributed by atoms with van der Waals surface area (Å²) in [5, 5.41) is 3.42. The van der Waals surface area contributed by atoms with Crippen molar-refractivity contribution in [1.82, 2.24) is 5.32 Å². The summed E-state index contributed by atoms with van der Waals surface area (Å²) in [4.78, 5) is 0. The first-order valence-electron chi connectivity index (χ1n) is 4.92. The van der Waals surface area contributed by atoms with Crippen LogP contribution >= 0.6 is 24.8 Å². The normalized spacial score (nSPS) is 19.9. The molecule has 1 aromatic rings. The van der Waals surface area contributed by atoms with Crippen LogP contribution in [0.5, 0.6) is 0 Å². The summed E-state index contributed by atoms with van der Waals surface area (Å²) in [5.41, 5.74) is 7.91. The Labute approximate surface area is 103 Å². The molecular formula is C11H18Cl2N2. The summed E-state index contributed by atoms with van der Waals surface area (Å²) in [6.45, 7) is 2.29. The van der Waals surface area contributed by atoms with Crippen molar-refractivity contribution in [3.05, 3.63) is 29.8 Å². The van der Waals surface area contributed by atoms with Crippen molar-refractivity contribution < 1.29 is 0 Å². The molecular weight excluding hydrogens is 231 g/mol. The van der Waals surface area contributed by atoms with Crippen LogP contribution in [-0.4, -0.2) is 13.1 Å². The number of nitrogen functional groups attached to an aromatic ring is 1. The second kappa shape index (κ2) is 6.94. The van der Waals surface area contributed by atoms with E-state index in [4.69, 9.17) is 5.73 Å². The van der Waals surface area contributed by atoms with E-state index in [0.29, 0.717) is 5.92 Å². The fraction of sp³-hybridized carbons (Fsp3) is 0.455. The maximum atomic E-state index is 5.64. The molecule has 1 saturated heterocycles. The minimum Gasteiger partial charge on any atom is -0.399 e. The molecule has 2 nitrogen and oxygen atoms in total. The highest BCUT2D eigenvalue weighted by Gasteiger charge is 2.14. The Kier molecular flexibility index (Phi) is 6.73. The molecule has 0 bridgehead atoms. The summed E-state index contributed by atoms with van der Waals surface area (Å²) in [7, 11) is 0. The van der Waals surface area contributed by atoms with Gasteiger partial charge in [0.15, 0.2) is 0 Å². The lowest BCUT2D eigenvalue weighted by Gasteiger charge is -2.23. The number of rotatable bonds is 1. The van der Waals surface area contributed by atoms with E-state index >= 15 is 0 Å². The average molecular weight is 249 g/mol. The second-order valence-electron chi connectivity index (χ2n) is 3.71. The predicted molar refractivity (Wildman–Crippen MR) is 70.2 cm³/mol. The minimum absolute atomic E-state index is 0. The molecule has 0 saturated carbocycles. The van der Waals surface area contributed by atoms with Crippen LogP contribution in [0.4, 0.5) is 5.69 Å². The molecule has 0 amide bonds. The van der Waals surface area contributed by atoms with Crippen LogP contribution in [0, 0.1) is 0 Å². The monoisotopic (exact) mass is 248 g/mol. The maximum absolute atomic E-state index is 5.64. The molecule has 0 aliphatic carbocycles. The predicted octanol–water partition coefficient (Wildman–Crippen LogP) is 2.58. The first-order chi connectivity index (χ1) is 6.36. The van der Waals surface area contributed by atoms with Crippen molar-refractivity contribution in [3.8, 4) is 0 Å². The number of benzene rings is 1. The van der Waals surface area contributed by atoms with Gasteiger partial charge in [-0.15, -0.1) is 24.8 Å². The highest BCUT2D eigenvalue weighted by molar-refractivity contribution is 5.85. The van der Waals surface area contributed by atoms with Crippen molar-refractivity contribution in [2.24, 2.45) is 0 Å². The van der Waals surface area contributed by atoms with Gasteiger partial charge in [-0.25, -0.2) is 0 Å². The lowest BCUT2D eigenvalue weighted by Crippen LogP contribution is -2.28. The third-order valence-corrected chi connectivity index (χ3v) is 2.70. The van der Waals surface area contributed by atoms with Crippen LogP contribution in [0.15, 0.2) is 24.3 Å². The van der Waals surface area contributed by atoms with Crippen LogP contribution in [0.3, 0.4) is 0 Å². The third-order valence-electron chi connectivity index (χ3n) is 2.70. The molecule has 1 heterocycles. The van der Waals surface area contributed by atoms with Crippen LogP contribution in [0.25, 0.3) is 0 Å². The number of hydrogen-bond donors (Lipinski definition) is 2. The van der Waals surface area contributed by atoms with E-state index in [1.165, 1.54) is 24.9 Å². The van der Waals surface area contributed by atoms with Gasteiger partial charge in [0.2, 0.25) is 0 Å². The Bertz CT molecular complexity index is 268. The molecule has 86 valence electrons. The van der Waals surface area contributed by atoms with Gasteiger partial charge in [-0.1, -0.05) is 12.1 Å². The second-order valence-corrected chi connectivity index (χ2v) is 3.71. The number of halogens is 2. The number of nitrogens with two attached hydrogens (primary N) is 1. The average Bonchev–Trinajstić information content (AvgIpc) is 2.20. The van der Waals surface area contributed by atoms with Crippen LogP contribution in [0.2, 0.25) is 0 Å². The van der Waals surface area contributed by atoms with Crippen molar-refractivity contribution >= 4 is 30.5 Å². The largest absolute Gasteiger partial charge is 0.399 e. The van der Waals surface area contributed by atoms with E-state index in [9.17, 15) is 0 Å². The summed E-state index contributed by atoms with van der Waals surface area (Å²) in [6, 6.07) is 8.27. The van der Waals surface area contributed by atoms with Gasteiger partial charge in [0.1, 0.15) is 0 Å². The Balaban J connectivity index is 0.000000980. The fourth-order valence-corrected chi connectivity index (χ4v) is 1.90. The topological polar surface area (TPSA) is 38.0 Å². The fourth-order valence-electron chi connectivity index (χ4n) is 1.90. The van der Waals surface area contributed by atoms with Crippen molar-refractivity contribution in [2.75, 3.05) is 18.8 Å². The molecule has 0 unspecified atom stereocenters. The molecule has 3 N–H and O–H groups in total. The zero-order valence-electron chi connectivity index (χ0n) is 8.61. The Morgan fingerprint density at radius 1 is 1.13 bits per heavy atom. The summed E-state index contributed by atoms with van der Waals surface area (Å²) < 4.78 is 0. The molecule has 0 spiro atoms. The lowest BCUT2D eigenvalue weighted by atomic mass is 9.92. The van der Waals surface area contributed by atoms with Crippen molar-refractivity contribution in [1.29, 1.82) is 0 Å². The summed E-state index contributed by atoms with van der Waals surface area (Å²) in [5.74, 6) is 0.689. The van der Waals surface area contributed by atoms with E-state index in [0.717, 1.165) is 12.2 Å². The van der Waals surface area contributed by atoms with E-state index < -0.39 is 0 Å². The van der Waals surface area contributed by atoms with Crippen LogP contribution < -0.4 is 11.1 Å². The SMILES string of the molecule is Cl.Cl.Nc1ccc([C@@H]2CCCNC2)cc1. The van der Waals surface area contributed by atoms with E-state index in [1.807, 2.05) is 12.1 Å². The molecule has 0 aromatic heterocycles. The number of hydrogen-bond acceptors (Lipinski definition) is 2. The molecule has 4 heteroatoms. The van der Waals surface area contributed by atoms with Gasteiger partial charge >= 0.3 is 0 Å². The minimum atomic E-state index is 0. The molecule has 1 aliphatic heterocycles. The smallest absolute Gasteiger partial charge is 0.0314 e. The van der Waals surface area contributed by atoms with Crippen LogP contribution in [-0.2, 0) is 0 Å². The quantitative estimate of drug-likeness (QED) is 0.751. The van der Waals surface area contributed by atoms with Gasteiger partial charge in [-0.2, -0.15) is 0 Å². The third kappa shape index (κ3) is 3.90. The molecule has 1 atom stereocenters. The summed E-state index contributed by atoms with van der Waals surface area (Å²) in [6.07, 6.45) is 2.59. The molecule has 1 aromatic carbocycles. The zero-order valence-corrected chi connectivity index (χ0v) is 10.2. The summed E-state index contributed by atoms with van der Waals surface area (Å²) >= 11 is 0. The van der Waals surface area contributed by atoms with Gasteiger partial charge in [-0.3, -0.25) is 0 Å². The van der Waals surface area contributed by atoms with Gasteiger partial charge in [-0.05, 0) is 43.0 Å². The first-order valence-corrected chi connectivity index (χ1v) is 4.92. The highest BCUT2D eigenvalue weighted by Crippen LogP contribution is 2.23. The number of anilines is 1. The van der Waals surface area contributed by atoms with Crippen molar-refractivity contribution in [2.45, 2.75) is 18.8 Å². The molecule has 15 heavy (non-hydrogen) atoms. The van der Waals surface area contributed by atoms with Gasteiger partial charge in [0.05, 0.1) is 0 Å². The van der Waals surface area contributed by atoms with Crippen LogP contribution in [0.1, 0.15) is 24.3 Å².